The van der Waals surface area contributed by atoms with E-state index in [0.717, 1.165) is 41.6 Å². The smallest absolute Gasteiger partial charge is 0.236 e. The van der Waals surface area contributed by atoms with E-state index in [9.17, 15) is 0 Å². The molecule has 0 saturated heterocycles. The van der Waals surface area contributed by atoms with E-state index in [0.29, 0.717) is 6.04 Å². The molecule has 1 aliphatic rings. The Morgan fingerprint density at radius 1 is 1.17 bits per heavy atom. The van der Waals surface area contributed by atoms with Crippen molar-refractivity contribution in [3.8, 4) is 17.0 Å². The minimum absolute atomic E-state index is 0.593. The molecule has 4 rings (SSSR count). The van der Waals surface area contributed by atoms with E-state index in [1.54, 1.807) is 0 Å². The Hall–Kier alpha value is -2.56. The third-order valence-corrected chi connectivity index (χ3v) is 3.88. The monoisotopic (exact) mass is 308 g/mol. The summed E-state index contributed by atoms with van der Waals surface area (Å²) in [5.74, 6) is 2.52. The maximum Gasteiger partial charge on any atom is 0.236 e. The van der Waals surface area contributed by atoms with Crippen LogP contribution in [0.2, 0.25) is 0 Å². The van der Waals surface area contributed by atoms with Crippen molar-refractivity contribution >= 4 is 11.6 Å². The molecule has 5 nitrogen and oxygen atoms in total. The molecule has 1 saturated carbocycles. The molecule has 1 aromatic carbocycles. The average Bonchev–Trinajstić information content (AvgIpc) is 3.29. The SMILES string of the molecule is CCCOc1ccc(-c2cn3ccc(NC4CC4)nc3n2)cc1. The number of ether oxygens (including phenoxy) is 1. The molecule has 2 heterocycles. The van der Waals surface area contributed by atoms with Crippen molar-refractivity contribution in [2.45, 2.75) is 32.2 Å². The first-order chi connectivity index (χ1) is 11.3. The topological polar surface area (TPSA) is 51.5 Å². The van der Waals surface area contributed by atoms with E-state index in [1.807, 2.05) is 47.1 Å². The molecule has 0 bridgehead atoms. The van der Waals surface area contributed by atoms with Crippen LogP contribution < -0.4 is 10.1 Å². The van der Waals surface area contributed by atoms with Gasteiger partial charge in [0, 0.05) is 24.0 Å². The summed E-state index contributed by atoms with van der Waals surface area (Å²) in [4.78, 5) is 9.21. The highest BCUT2D eigenvalue weighted by atomic mass is 16.5. The lowest BCUT2D eigenvalue weighted by atomic mass is 10.2. The van der Waals surface area contributed by atoms with Crippen LogP contribution in [0.3, 0.4) is 0 Å². The highest BCUT2D eigenvalue weighted by molar-refractivity contribution is 5.62. The van der Waals surface area contributed by atoms with Crippen LogP contribution in [0.4, 0.5) is 5.82 Å². The predicted octanol–water partition coefficient (Wildman–Crippen LogP) is 3.76. The maximum absolute atomic E-state index is 5.62. The van der Waals surface area contributed by atoms with Gasteiger partial charge in [-0.3, -0.25) is 4.40 Å². The van der Waals surface area contributed by atoms with Crippen LogP contribution in [-0.4, -0.2) is 27.0 Å². The summed E-state index contributed by atoms with van der Waals surface area (Å²) in [5.41, 5.74) is 1.99. The molecule has 0 unspecified atom stereocenters. The summed E-state index contributed by atoms with van der Waals surface area (Å²) < 4.78 is 7.57. The average molecular weight is 308 g/mol. The molecular weight excluding hydrogens is 288 g/mol. The lowest BCUT2D eigenvalue weighted by Crippen LogP contribution is -2.03. The number of fused-ring (bicyclic) bond motifs is 1. The molecule has 0 atom stereocenters. The van der Waals surface area contributed by atoms with Gasteiger partial charge in [-0.2, -0.15) is 4.98 Å². The largest absolute Gasteiger partial charge is 0.494 e. The number of aromatic nitrogens is 3. The molecule has 23 heavy (non-hydrogen) atoms. The summed E-state index contributed by atoms with van der Waals surface area (Å²) >= 11 is 0. The lowest BCUT2D eigenvalue weighted by Gasteiger charge is -2.04. The minimum atomic E-state index is 0.593. The second-order valence-electron chi connectivity index (χ2n) is 5.94. The first kappa shape index (κ1) is 14.1. The quantitative estimate of drug-likeness (QED) is 0.753. The predicted molar refractivity (Wildman–Crippen MR) is 90.9 cm³/mol. The highest BCUT2D eigenvalue weighted by Crippen LogP contribution is 2.25. The molecule has 0 radical (unpaired) electrons. The Kier molecular flexibility index (Phi) is 3.61. The Labute approximate surface area is 135 Å². The van der Waals surface area contributed by atoms with Crippen LogP contribution in [0.15, 0.2) is 42.7 Å². The summed E-state index contributed by atoms with van der Waals surface area (Å²) in [6, 6.07) is 10.6. The van der Waals surface area contributed by atoms with E-state index in [1.165, 1.54) is 12.8 Å². The van der Waals surface area contributed by atoms with E-state index < -0.39 is 0 Å². The normalized spacial score (nSPS) is 14.1. The first-order valence-electron chi connectivity index (χ1n) is 8.17. The van der Waals surface area contributed by atoms with Crippen molar-refractivity contribution in [1.82, 2.24) is 14.4 Å². The Balaban J connectivity index is 1.57. The van der Waals surface area contributed by atoms with Crippen LogP contribution >= 0.6 is 0 Å². The molecule has 1 N–H and O–H groups in total. The van der Waals surface area contributed by atoms with Gasteiger partial charge in [0.15, 0.2) is 0 Å². The molecular formula is C18H20N4O. The van der Waals surface area contributed by atoms with Crippen LogP contribution in [0.1, 0.15) is 26.2 Å². The van der Waals surface area contributed by atoms with E-state index in [-0.39, 0.29) is 0 Å². The summed E-state index contributed by atoms with van der Waals surface area (Å²) in [7, 11) is 0. The van der Waals surface area contributed by atoms with Gasteiger partial charge >= 0.3 is 0 Å². The fourth-order valence-corrected chi connectivity index (χ4v) is 2.47. The number of nitrogens with one attached hydrogen (secondary N) is 1. The Bertz CT molecular complexity index is 806. The molecule has 1 fully saturated rings. The number of nitrogens with zero attached hydrogens (tertiary/aromatic N) is 3. The molecule has 1 aliphatic carbocycles. The fraction of sp³-hybridized carbons (Fsp3) is 0.333. The van der Waals surface area contributed by atoms with Gasteiger partial charge in [0.1, 0.15) is 11.6 Å². The first-order valence-corrected chi connectivity index (χ1v) is 8.17. The van der Waals surface area contributed by atoms with Gasteiger partial charge in [-0.15, -0.1) is 0 Å². The van der Waals surface area contributed by atoms with Gasteiger partial charge < -0.3 is 10.1 Å². The molecule has 118 valence electrons. The van der Waals surface area contributed by atoms with Gasteiger partial charge in [-0.05, 0) is 49.6 Å². The molecule has 0 aliphatic heterocycles. The molecule has 0 spiro atoms. The molecule has 0 amide bonds. The van der Waals surface area contributed by atoms with Crippen molar-refractivity contribution in [2.24, 2.45) is 0 Å². The zero-order chi connectivity index (χ0) is 15.6. The van der Waals surface area contributed by atoms with Crippen LogP contribution in [0.5, 0.6) is 5.75 Å². The highest BCUT2D eigenvalue weighted by Gasteiger charge is 2.21. The second-order valence-corrected chi connectivity index (χ2v) is 5.94. The van der Waals surface area contributed by atoms with Crippen molar-refractivity contribution in [3.05, 3.63) is 42.7 Å². The number of hydrogen-bond acceptors (Lipinski definition) is 4. The van der Waals surface area contributed by atoms with Crippen molar-refractivity contribution in [1.29, 1.82) is 0 Å². The van der Waals surface area contributed by atoms with Crippen LogP contribution in [0.25, 0.3) is 17.0 Å². The van der Waals surface area contributed by atoms with E-state index in [2.05, 4.69) is 22.2 Å². The minimum Gasteiger partial charge on any atom is -0.494 e. The third-order valence-electron chi connectivity index (χ3n) is 3.88. The summed E-state index contributed by atoms with van der Waals surface area (Å²) in [6.45, 7) is 2.85. The molecule has 5 heteroatoms. The van der Waals surface area contributed by atoms with E-state index in [4.69, 9.17) is 4.74 Å². The number of hydrogen-bond donors (Lipinski definition) is 1. The molecule has 2 aromatic heterocycles. The van der Waals surface area contributed by atoms with Crippen molar-refractivity contribution < 1.29 is 4.74 Å². The van der Waals surface area contributed by atoms with Gasteiger partial charge in [0.2, 0.25) is 5.78 Å². The number of benzene rings is 1. The maximum atomic E-state index is 5.62. The van der Waals surface area contributed by atoms with Gasteiger partial charge in [-0.1, -0.05) is 6.92 Å². The van der Waals surface area contributed by atoms with Gasteiger partial charge in [0.25, 0.3) is 0 Å². The van der Waals surface area contributed by atoms with Crippen molar-refractivity contribution in [3.63, 3.8) is 0 Å². The Morgan fingerprint density at radius 3 is 2.74 bits per heavy atom. The van der Waals surface area contributed by atoms with Crippen molar-refractivity contribution in [2.75, 3.05) is 11.9 Å². The van der Waals surface area contributed by atoms with Crippen LogP contribution in [0, 0.1) is 0 Å². The summed E-state index contributed by atoms with van der Waals surface area (Å²) in [6.07, 6.45) is 7.49. The molecule has 3 aromatic rings. The Morgan fingerprint density at radius 2 is 2.00 bits per heavy atom. The van der Waals surface area contributed by atoms with Crippen LogP contribution in [-0.2, 0) is 0 Å². The lowest BCUT2D eigenvalue weighted by molar-refractivity contribution is 0.317. The standard InChI is InChI=1S/C18H20N4O/c1-2-11-23-15-7-3-13(4-8-15)16-12-22-10-9-17(19-14-5-6-14)21-18(22)20-16/h3-4,7-10,12,14H,2,5-6,11H2,1H3,(H,19,20,21). The fourth-order valence-electron chi connectivity index (χ4n) is 2.47. The zero-order valence-electron chi connectivity index (χ0n) is 13.2. The van der Waals surface area contributed by atoms with Gasteiger partial charge in [0.05, 0.1) is 12.3 Å². The third kappa shape index (κ3) is 3.13. The summed E-state index contributed by atoms with van der Waals surface area (Å²) in [5, 5.41) is 3.40. The number of imidazole rings is 1. The van der Waals surface area contributed by atoms with Gasteiger partial charge in [-0.25, -0.2) is 4.98 Å². The number of anilines is 1. The second kappa shape index (κ2) is 5.91. The van der Waals surface area contributed by atoms with E-state index >= 15 is 0 Å². The zero-order valence-corrected chi connectivity index (χ0v) is 13.2. The number of rotatable bonds is 6.